The number of fused-ring (bicyclic) bond motifs is 2. The first kappa shape index (κ1) is 16.1. The van der Waals surface area contributed by atoms with Gasteiger partial charge in [-0.3, -0.25) is 4.79 Å². The summed E-state index contributed by atoms with van der Waals surface area (Å²) in [4.78, 5) is 27.6. The van der Waals surface area contributed by atoms with Crippen molar-refractivity contribution in [1.29, 1.82) is 0 Å². The number of aryl methyl sites for hydroxylation is 3. The Morgan fingerprint density at radius 3 is 2.68 bits per heavy atom. The molecule has 1 N–H and O–H groups in total. The number of nitrogens with zero attached hydrogens (tertiary/aromatic N) is 3. The highest BCUT2D eigenvalue weighted by atomic mass is 32.1. The van der Waals surface area contributed by atoms with Crippen molar-refractivity contribution < 1.29 is 4.79 Å². The van der Waals surface area contributed by atoms with Crippen LogP contribution in [0, 0.1) is 20.8 Å². The Morgan fingerprint density at radius 2 is 1.88 bits per heavy atom. The molecule has 1 amide bonds. The normalized spacial score (nSPS) is 11.3. The van der Waals surface area contributed by atoms with Crippen molar-refractivity contribution in [3.05, 3.63) is 51.2 Å². The highest BCUT2D eigenvalue weighted by molar-refractivity contribution is 7.20. The molecule has 3 aromatic heterocycles. The number of carbonyl (C=O) groups excluding carboxylic acids is 1. The molecule has 0 bridgehead atoms. The van der Waals surface area contributed by atoms with Crippen LogP contribution < -0.4 is 5.32 Å². The molecule has 0 radical (unpaired) electrons. The van der Waals surface area contributed by atoms with Crippen LogP contribution in [0.25, 0.3) is 20.4 Å². The first-order valence-corrected chi connectivity index (χ1v) is 9.53. The molecule has 25 heavy (non-hydrogen) atoms. The molecular weight excluding hydrogens is 352 g/mol. The number of rotatable bonds is 3. The second kappa shape index (κ2) is 6.16. The summed E-state index contributed by atoms with van der Waals surface area (Å²) in [6, 6.07) is 7.99. The maximum atomic E-state index is 12.6. The molecule has 1 aromatic carbocycles. The molecule has 3 heterocycles. The van der Waals surface area contributed by atoms with Gasteiger partial charge in [-0.2, -0.15) is 0 Å². The second-order valence-electron chi connectivity index (χ2n) is 5.85. The number of thiazole rings is 1. The van der Waals surface area contributed by atoms with Crippen LogP contribution >= 0.6 is 22.7 Å². The standard InChI is InChI=1S/C18H16N4OS2/c1-9-15-10(2)20-11(3)21-18(15)25-16(9)17(23)19-8-14-22-12-6-4-5-7-13(12)24-14/h4-7H,8H2,1-3H3,(H,19,23). The van der Waals surface area contributed by atoms with Crippen LogP contribution in [0.1, 0.15) is 31.8 Å². The summed E-state index contributed by atoms with van der Waals surface area (Å²) >= 11 is 3.02. The van der Waals surface area contributed by atoms with Gasteiger partial charge in [-0.25, -0.2) is 15.0 Å². The van der Waals surface area contributed by atoms with Crippen molar-refractivity contribution in [3.8, 4) is 0 Å². The second-order valence-corrected chi connectivity index (χ2v) is 7.96. The van der Waals surface area contributed by atoms with E-state index in [1.54, 1.807) is 11.3 Å². The van der Waals surface area contributed by atoms with Crippen molar-refractivity contribution in [2.24, 2.45) is 0 Å². The Labute approximate surface area is 152 Å². The van der Waals surface area contributed by atoms with E-state index in [-0.39, 0.29) is 5.91 Å². The molecule has 0 aliphatic rings. The van der Waals surface area contributed by atoms with E-state index in [9.17, 15) is 4.79 Å². The molecule has 0 spiro atoms. The smallest absolute Gasteiger partial charge is 0.262 e. The minimum atomic E-state index is -0.0863. The van der Waals surface area contributed by atoms with E-state index in [2.05, 4.69) is 20.3 Å². The largest absolute Gasteiger partial charge is 0.345 e. The Hall–Kier alpha value is -2.38. The molecule has 0 saturated heterocycles. The third-order valence-electron chi connectivity index (χ3n) is 4.03. The van der Waals surface area contributed by atoms with Gasteiger partial charge in [-0.05, 0) is 38.5 Å². The molecule has 5 nitrogen and oxygen atoms in total. The van der Waals surface area contributed by atoms with Gasteiger partial charge in [0.15, 0.2) is 0 Å². The number of para-hydroxylation sites is 1. The first-order valence-electron chi connectivity index (χ1n) is 7.90. The molecular formula is C18H16N4OS2. The number of nitrogens with one attached hydrogen (secondary N) is 1. The quantitative estimate of drug-likeness (QED) is 0.590. The summed E-state index contributed by atoms with van der Waals surface area (Å²) in [6.07, 6.45) is 0. The third-order valence-corrected chi connectivity index (χ3v) is 6.25. The summed E-state index contributed by atoms with van der Waals surface area (Å²) in [5.41, 5.74) is 2.83. The Balaban J connectivity index is 1.59. The zero-order valence-corrected chi connectivity index (χ0v) is 15.7. The molecule has 126 valence electrons. The van der Waals surface area contributed by atoms with Gasteiger partial charge in [0.1, 0.15) is 15.7 Å². The fourth-order valence-corrected chi connectivity index (χ4v) is 5.02. The number of carbonyl (C=O) groups is 1. The fraction of sp³-hybridized carbons (Fsp3) is 0.222. The first-order chi connectivity index (χ1) is 12.0. The van der Waals surface area contributed by atoms with Crippen molar-refractivity contribution in [3.63, 3.8) is 0 Å². The van der Waals surface area contributed by atoms with Gasteiger partial charge < -0.3 is 5.32 Å². The summed E-state index contributed by atoms with van der Waals surface area (Å²) in [7, 11) is 0. The zero-order chi connectivity index (χ0) is 17.6. The molecule has 0 fully saturated rings. The number of hydrogen-bond acceptors (Lipinski definition) is 6. The van der Waals surface area contributed by atoms with Crippen LogP contribution in [0.15, 0.2) is 24.3 Å². The minimum absolute atomic E-state index is 0.0863. The van der Waals surface area contributed by atoms with Gasteiger partial charge in [0.05, 0.1) is 21.6 Å². The van der Waals surface area contributed by atoms with Gasteiger partial charge in [0, 0.05) is 11.1 Å². The van der Waals surface area contributed by atoms with Crippen molar-refractivity contribution in [1.82, 2.24) is 20.3 Å². The topological polar surface area (TPSA) is 67.8 Å². The summed E-state index contributed by atoms with van der Waals surface area (Å²) < 4.78 is 1.13. The summed E-state index contributed by atoms with van der Waals surface area (Å²) in [5.74, 6) is 0.643. The minimum Gasteiger partial charge on any atom is -0.345 e. The lowest BCUT2D eigenvalue weighted by molar-refractivity contribution is 0.0954. The highest BCUT2D eigenvalue weighted by Gasteiger charge is 2.18. The fourth-order valence-electron chi connectivity index (χ4n) is 2.92. The maximum Gasteiger partial charge on any atom is 0.262 e. The van der Waals surface area contributed by atoms with Crippen LogP contribution in [-0.2, 0) is 6.54 Å². The zero-order valence-electron chi connectivity index (χ0n) is 14.1. The SMILES string of the molecule is Cc1nc(C)c2c(C)c(C(=O)NCc3nc4ccccc4s3)sc2n1. The molecule has 0 saturated carbocycles. The van der Waals surface area contributed by atoms with Crippen LogP contribution in [0.2, 0.25) is 0 Å². The third kappa shape index (κ3) is 2.89. The molecule has 7 heteroatoms. The van der Waals surface area contributed by atoms with E-state index in [1.807, 2.05) is 45.0 Å². The molecule has 4 rings (SSSR count). The molecule has 0 unspecified atom stereocenters. The summed E-state index contributed by atoms with van der Waals surface area (Å²) in [6.45, 7) is 6.21. The van der Waals surface area contributed by atoms with E-state index >= 15 is 0 Å². The molecule has 4 aromatic rings. The van der Waals surface area contributed by atoms with Crippen molar-refractivity contribution in [2.45, 2.75) is 27.3 Å². The predicted molar refractivity (Wildman–Crippen MR) is 102 cm³/mol. The Bertz CT molecular complexity index is 1080. The molecule has 0 aliphatic carbocycles. The van der Waals surface area contributed by atoms with E-state index in [0.29, 0.717) is 11.4 Å². The number of benzene rings is 1. The number of thiophene rings is 1. The lowest BCUT2D eigenvalue weighted by Gasteiger charge is -2.02. The predicted octanol–water partition coefficient (Wildman–Crippen LogP) is 4.16. The van der Waals surface area contributed by atoms with Crippen LogP contribution in [0.4, 0.5) is 0 Å². The lowest BCUT2D eigenvalue weighted by Crippen LogP contribution is -2.22. The Morgan fingerprint density at radius 1 is 1.08 bits per heavy atom. The number of hydrogen-bond donors (Lipinski definition) is 1. The van der Waals surface area contributed by atoms with Crippen LogP contribution in [0.5, 0.6) is 0 Å². The van der Waals surface area contributed by atoms with Gasteiger partial charge in [-0.1, -0.05) is 12.1 Å². The van der Waals surface area contributed by atoms with E-state index in [4.69, 9.17) is 0 Å². The average Bonchev–Trinajstić information content (AvgIpc) is 3.13. The van der Waals surface area contributed by atoms with Gasteiger partial charge >= 0.3 is 0 Å². The van der Waals surface area contributed by atoms with Gasteiger partial charge in [0.2, 0.25) is 0 Å². The monoisotopic (exact) mass is 368 g/mol. The van der Waals surface area contributed by atoms with Crippen LogP contribution in [-0.4, -0.2) is 20.9 Å². The maximum absolute atomic E-state index is 12.6. The van der Waals surface area contributed by atoms with E-state index in [1.165, 1.54) is 11.3 Å². The van der Waals surface area contributed by atoms with E-state index < -0.39 is 0 Å². The number of aromatic nitrogens is 3. The van der Waals surface area contributed by atoms with Gasteiger partial charge in [0.25, 0.3) is 5.91 Å². The number of amides is 1. The average molecular weight is 368 g/mol. The highest BCUT2D eigenvalue weighted by Crippen LogP contribution is 2.31. The van der Waals surface area contributed by atoms with Gasteiger partial charge in [-0.15, -0.1) is 22.7 Å². The Kier molecular flexibility index (Phi) is 3.97. The van der Waals surface area contributed by atoms with Crippen molar-refractivity contribution >= 4 is 49.0 Å². The molecule has 0 aliphatic heterocycles. The van der Waals surface area contributed by atoms with E-state index in [0.717, 1.165) is 42.5 Å². The lowest BCUT2D eigenvalue weighted by atomic mass is 10.1. The summed E-state index contributed by atoms with van der Waals surface area (Å²) in [5, 5.41) is 4.87. The van der Waals surface area contributed by atoms with Crippen LogP contribution in [0.3, 0.4) is 0 Å². The van der Waals surface area contributed by atoms with Crippen molar-refractivity contribution in [2.75, 3.05) is 0 Å². The molecule has 0 atom stereocenters.